The maximum absolute atomic E-state index is 13.4. The summed E-state index contributed by atoms with van der Waals surface area (Å²) in [4.78, 5) is 0. The average Bonchev–Trinajstić information content (AvgIpc) is 2.11. The van der Waals surface area contributed by atoms with E-state index in [1.807, 2.05) is 0 Å². The standard InChI is InChI=1S/C12H14F2/c1-6(2)10-7(3)8(4)11(13)12(14)9(10)5/h1H2,2-5H3. The van der Waals surface area contributed by atoms with Crippen LogP contribution in [-0.4, -0.2) is 0 Å². The van der Waals surface area contributed by atoms with Gasteiger partial charge in [0.05, 0.1) is 0 Å². The fraction of sp³-hybridized carbons (Fsp3) is 0.333. The van der Waals surface area contributed by atoms with E-state index in [0.717, 1.165) is 16.7 Å². The maximum atomic E-state index is 13.4. The molecule has 0 unspecified atom stereocenters. The second-order valence-electron chi connectivity index (χ2n) is 3.66. The molecule has 0 aliphatic heterocycles. The van der Waals surface area contributed by atoms with Gasteiger partial charge in [-0.1, -0.05) is 12.2 Å². The van der Waals surface area contributed by atoms with Crippen molar-refractivity contribution in [3.8, 4) is 0 Å². The maximum Gasteiger partial charge on any atom is 0.162 e. The van der Waals surface area contributed by atoms with E-state index in [1.165, 1.54) is 0 Å². The molecule has 0 heterocycles. The van der Waals surface area contributed by atoms with Gasteiger partial charge in [-0.25, -0.2) is 8.78 Å². The Bertz CT molecular complexity index is 374. The predicted molar refractivity (Wildman–Crippen MR) is 55.3 cm³/mol. The van der Waals surface area contributed by atoms with Gasteiger partial charge in [0.15, 0.2) is 11.6 Å². The Morgan fingerprint density at radius 2 is 1.36 bits per heavy atom. The molecule has 2 heteroatoms. The smallest absolute Gasteiger partial charge is 0.162 e. The Kier molecular flexibility index (Phi) is 2.74. The van der Waals surface area contributed by atoms with Crippen LogP contribution in [0.1, 0.15) is 29.2 Å². The van der Waals surface area contributed by atoms with E-state index < -0.39 is 11.6 Å². The third kappa shape index (κ3) is 1.45. The first-order chi connectivity index (χ1) is 6.37. The molecule has 1 rings (SSSR count). The summed E-state index contributed by atoms with van der Waals surface area (Å²) in [6.07, 6.45) is 0. The zero-order valence-corrected chi connectivity index (χ0v) is 8.96. The minimum absolute atomic E-state index is 0.345. The van der Waals surface area contributed by atoms with Crippen LogP contribution in [0.3, 0.4) is 0 Å². The van der Waals surface area contributed by atoms with Crippen molar-refractivity contribution in [2.24, 2.45) is 0 Å². The Hall–Kier alpha value is -1.18. The van der Waals surface area contributed by atoms with Crippen LogP contribution >= 0.6 is 0 Å². The van der Waals surface area contributed by atoms with Crippen LogP contribution in [0, 0.1) is 32.4 Å². The number of allylic oxidation sites excluding steroid dienone is 1. The van der Waals surface area contributed by atoms with E-state index >= 15 is 0 Å². The number of hydrogen-bond donors (Lipinski definition) is 0. The van der Waals surface area contributed by atoms with Crippen LogP contribution in [0.2, 0.25) is 0 Å². The van der Waals surface area contributed by atoms with Crippen LogP contribution in [0.4, 0.5) is 8.78 Å². The van der Waals surface area contributed by atoms with Gasteiger partial charge < -0.3 is 0 Å². The van der Waals surface area contributed by atoms with Crippen molar-refractivity contribution in [2.45, 2.75) is 27.7 Å². The minimum Gasteiger partial charge on any atom is -0.203 e. The van der Waals surface area contributed by atoms with Gasteiger partial charge in [0, 0.05) is 0 Å². The summed E-state index contributed by atoms with van der Waals surface area (Å²) >= 11 is 0. The molecular formula is C12H14F2. The van der Waals surface area contributed by atoms with Crippen LogP contribution < -0.4 is 0 Å². The van der Waals surface area contributed by atoms with Gasteiger partial charge in [0.2, 0.25) is 0 Å². The number of rotatable bonds is 1. The Labute approximate surface area is 83.3 Å². The highest BCUT2D eigenvalue weighted by atomic mass is 19.2. The van der Waals surface area contributed by atoms with Crippen molar-refractivity contribution in [1.29, 1.82) is 0 Å². The SMILES string of the molecule is C=C(C)c1c(C)c(C)c(F)c(F)c1C. The zero-order valence-electron chi connectivity index (χ0n) is 8.96. The van der Waals surface area contributed by atoms with Gasteiger partial charge in [-0.3, -0.25) is 0 Å². The van der Waals surface area contributed by atoms with Crippen molar-refractivity contribution in [2.75, 3.05) is 0 Å². The number of halogens is 2. The van der Waals surface area contributed by atoms with E-state index in [2.05, 4.69) is 6.58 Å². The normalized spacial score (nSPS) is 10.4. The minimum atomic E-state index is -0.758. The Morgan fingerprint density at radius 1 is 0.929 bits per heavy atom. The van der Waals surface area contributed by atoms with Crippen LogP contribution in [-0.2, 0) is 0 Å². The molecule has 0 saturated heterocycles. The van der Waals surface area contributed by atoms with Crippen molar-refractivity contribution in [3.63, 3.8) is 0 Å². The van der Waals surface area contributed by atoms with Gasteiger partial charge in [-0.15, -0.1) is 0 Å². The lowest BCUT2D eigenvalue weighted by molar-refractivity contribution is 0.496. The highest BCUT2D eigenvalue weighted by Gasteiger charge is 2.17. The van der Waals surface area contributed by atoms with E-state index in [1.54, 1.807) is 27.7 Å². The lowest BCUT2D eigenvalue weighted by Crippen LogP contribution is -2.02. The van der Waals surface area contributed by atoms with Gasteiger partial charge in [-0.05, 0) is 49.9 Å². The Morgan fingerprint density at radius 3 is 1.79 bits per heavy atom. The molecule has 0 saturated carbocycles. The molecule has 0 bridgehead atoms. The lowest BCUT2D eigenvalue weighted by Gasteiger charge is -2.14. The van der Waals surface area contributed by atoms with Crippen molar-refractivity contribution >= 4 is 5.57 Å². The van der Waals surface area contributed by atoms with Crippen LogP contribution in [0.5, 0.6) is 0 Å². The first-order valence-corrected chi connectivity index (χ1v) is 4.48. The van der Waals surface area contributed by atoms with Gasteiger partial charge in [-0.2, -0.15) is 0 Å². The molecule has 0 radical (unpaired) electrons. The highest BCUT2D eigenvalue weighted by Crippen LogP contribution is 2.28. The van der Waals surface area contributed by atoms with Crippen molar-refractivity contribution in [1.82, 2.24) is 0 Å². The quantitative estimate of drug-likeness (QED) is 0.638. The monoisotopic (exact) mass is 196 g/mol. The van der Waals surface area contributed by atoms with Crippen LogP contribution in [0.15, 0.2) is 6.58 Å². The van der Waals surface area contributed by atoms with Gasteiger partial charge in [0.25, 0.3) is 0 Å². The number of benzene rings is 1. The van der Waals surface area contributed by atoms with E-state index in [9.17, 15) is 8.78 Å². The Balaban J connectivity index is 3.68. The molecule has 0 N–H and O–H groups in total. The molecule has 76 valence electrons. The summed E-state index contributed by atoms with van der Waals surface area (Å²) in [5, 5.41) is 0. The van der Waals surface area contributed by atoms with Gasteiger partial charge in [0.1, 0.15) is 0 Å². The number of hydrogen-bond acceptors (Lipinski definition) is 0. The van der Waals surface area contributed by atoms with E-state index in [4.69, 9.17) is 0 Å². The molecule has 1 aromatic rings. The third-order valence-electron chi connectivity index (χ3n) is 2.59. The summed E-state index contributed by atoms with van der Waals surface area (Å²) in [7, 11) is 0. The molecule has 0 aliphatic carbocycles. The summed E-state index contributed by atoms with van der Waals surface area (Å²) in [6.45, 7) is 10.5. The molecule has 0 aromatic heterocycles. The fourth-order valence-corrected chi connectivity index (χ4v) is 1.71. The molecule has 0 aliphatic rings. The molecule has 1 aromatic carbocycles. The highest BCUT2D eigenvalue weighted by molar-refractivity contribution is 5.68. The van der Waals surface area contributed by atoms with E-state index in [-0.39, 0.29) is 0 Å². The molecule has 0 spiro atoms. The molecular weight excluding hydrogens is 182 g/mol. The first-order valence-electron chi connectivity index (χ1n) is 4.48. The average molecular weight is 196 g/mol. The zero-order chi connectivity index (χ0) is 11.0. The second-order valence-corrected chi connectivity index (χ2v) is 3.66. The summed E-state index contributed by atoms with van der Waals surface area (Å²) < 4.78 is 26.7. The van der Waals surface area contributed by atoms with Crippen molar-refractivity contribution < 1.29 is 8.78 Å². The topological polar surface area (TPSA) is 0 Å². The molecule has 14 heavy (non-hydrogen) atoms. The summed E-state index contributed by atoms with van der Waals surface area (Å²) in [6, 6.07) is 0. The first kappa shape index (κ1) is 10.9. The fourth-order valence-electron chi connectivity index (χ4n) is 1.71. The molecule has 0 nitrogen and oxygen atoms in total. The summed E-state index contributed by atoms with van der Waals surface area (Å²) in [5.41, 5.74) is 2.99. The molecule has 0 amide bonds. The molecule has 0 atom stereocenters. The second kappa shape index (κ2) is 3.52. The lowest BCUT2D eigenvalue weighted by atomic mass is 9.93. The largest absolute Gasteiger partial charge is 0.203 e. The van der Waals surface area contributed by atoms with Gasteiger partial charge >= 0.3 is 0 Å². The van der Waals surface area contributed by atoms with E-state index in [0.29, 0.717) is 11.1 Å². The summed E-state index contributed by atoms with van der Waals surface area (Å²) in [5.74, 6) is -1.50. The third-order valence-corrected chi connectivity index (χ3v) is 2.59. The van der Waals surface area contributed by atoms with Crippen molar-refractivity contribution in [3.05, 3.63) is 40.5 Å². The van der Waals surface area contributed by atoms with Crippen LogP contribution in [0.25, 0.3) is 5.57 Å². The molecule has 0 fully saturated rings. The predicted octanol–water partition coefficient (Wildman–Crippen LogP) is 3.92.